The Morgan fingerprint density at radius 1 is 0.365 bits per heavy atom. The van der Waals surface area contributed by atoms with E-state index in [9.17, 15) is 19.2 Å². The summed E-state index contributed by atoms with van der Waals surface area (Å²) in [6.07, 6.45) is 18.9. The smallest absolute Gasteiger partial charge is 0.399 e. The largest absolute Gasteiger partial charge is 0.496 e. The Bertz CT molecular complexity index is 6640. The van der Waals surface area contributed by atoms with Crippen molar-refractivity contribution in [2.75, 3.05) is 21.3 Å². The van der Waals surface area contributed by atoms with Crippen LogP contribution in [0.3, 0.4) is 0 Å². The first-order valence-electron chi connectivity index (χ1n) is 42.0. The lowest BCUT2D eigenvalue weighted by molar-refractivity contribution is -0.115. The van der Waals surface area contributed by atoms with Gasteiger partial charge < -0.3 is 39.9 Å². The van der Waals surface area contributed by atoms with E-state index in [0.717, 1.165) is 124 Å². The van der Waals surface area contributed by atoms with Gasteiger partial charge in [0.05, 0.1) is 78.9 Å². The van der Waals surface area contributed by atoms with Crippen LogP contribution in [0.4, 0.5) is 22.7 Å². The van der Waals surface area contributed by atoms with Crippen molar-refractivity contribution in [1.82, 2.24) is 74.4 Å². The van der Waals surface area contributed by atoms with Gasteiger partial charge in [0, 0.05) is 91.1 Å². The van der Waals surface area contributed by atoms with E-state index in [2.05, 4.69) is 208 Å². The quantitative estimate of drug-likeness (QED) is 0.0509. The first-order valence-corrected chi connectivity index (χ1v) is 48.5. The van der Waals surface area contributed by atoms with Gasteiger partial charge in [-0.2, -0.15) is 20.4 Å². The van der Waals surface area contributed by atoms with Crippen LogP contribution in [0.15, 0.2) is 293 Å². The maximum atomic E-state index is 11.6. The minimum absolute atomic E-state index is 0.000374. The van der Waals surface area contributed by atoms with Crippen LogP contribution in [0.5, 0.6) is 0 Å². The second-order valence-corrected chi connectivity index (χ2v) is 40.2. The minimum atomic E-state index is -0.506. The van der Waals surface area contributed by atoms with E-state index >= 15 is 0 Å². The van der Waals surface area contributed by atoms with Gasteiger partial charge in [-0.05, 0) is 283 Å². The molecule has 4 amide bonds. The number of halogens is 11. The van der Waals surface area contributed by atoms with E-state index < -0.39 is 18.3 Å². The zero-order chi connectivity index (χ0) is 97.5. The van der Waals surface area contributed by atoms with Crippen LogP contribution in [-0.2, 0) is 63.5 Å². The van der Waals surface area contributed by atoms with Crippen LogP contribution in [0.1, 0.15) is 77.6 Å². The highest BCUT2D eigenvalue weighted by molar-refractivity contribution is 14.1. The van der Waals surface area contributed by atoms with Gasteiger partial charge in [-0.15, -0.1) is 0 Å². The van der Waals surface area contributed by atoms with E-state index in [4.69, 9.17) is 88.2 Å². The van der Waals surface area contributed by atoms with E-state index in [1.807, 2.05) is 198 Å². The first-order chi connectivity index (χ1) is 65.5. The van der Waals surface area contributed by atoms with Crippen molar-refractivity contribution in [3.8, 4) is 61.8 Å². The molecule has 6 aliphatic rings. The van der Waals surface area contributed by atoms with Crippen molar-refractivity contribution >= 4 is 227 Å². The number of hydrogen-bond donors (Lipinski definition) is 5. The number of benzene rings is 9. The molecule has 0 bridgehead atoms. The Morgan fingerprint density at radius 2 is 0.723 bits per heavy atom. The number of nitrogens with one attached hydrogen (secondary N) is 5. The number of carbonyl (C=O) groups is 4. The standard InChI is InChI=1S/C21H14ClN5O.C14H17BClNO3.C14H18BN3O2.2C14H9BrClNO.C7H5ClN4.C6H4BrI.C5H3BrClN.C2H3N3/c22-18-9-19-16(8-21(28)26-19)7-17(18)14-3-1-13(2-4-14)15-5-6-20(24-10-15)27-12-23-11-25-27;1-13(2)14(3,4)20-15(19-13)9-5-8-6-12(18)17-11(8)7-10(9)16;1-13(2)14(3,4)20-15(19-13)11-5-7-12(8-6-11)18-10-16-9-17-18;2*15-10-3-1-8(2-4-10)11-5-9-6-14(18)17-13(9)7-12(11)16;8-6-1-2-7(10-3-6)12-5-9-4-11-12;7-5-1-3-6(8)4-2-5;6-5-2-1-4(7)3-8-5;1-3-2-5-4-1/h1-7,9-12H,8H2,(H,26,28);5,7H,6H2,1-4H3,(H,17,18);5-10H,1-4H3;2*1-5,7H,6H2,(H,17,18);1-5H;1-4H;1-3H;1-2H,(H,3,4,5). The molecule has 16 aromatic rings. The van der Waals surface area contributed by atoms with Crippen molar-refractivity contribution in [3.05, 3.63) is 349 Å². The zero-order valence-corrected chi connectivity index (χ0v) is 87.2. The van der Waals surface area contributed by atoms with Crippen molar-refractivity contribution in [1.29, 1.82) is 0 Å². The van der Waals surface area contributed by atoms with Crippen LogP contribution in [0.2, 0.25) is 30.1 Å². The van der Waals surface area contributed by atoms with Gasteiger partial charge in [0.1, 0.15) is 55.2 Å². The van der Waals surface area contributed by atoms with Crippen LogP contribution < -0.4 is 32.2 Å². The molecule has 137 heavy (non-hydrogen) atoms. The maximum absolute atomic E-state index is 11.6. The van der Waals surface area contributed by atoms with Gasteiger partial charge in [0.25, 0.3) is 0 Å². The Balaban J connectivity index is 0.000000127. The molecule has 13 heterocycles. The van der Waals surface area contributed by atoms with Crippen molar-refractivity contribution in [2.24, 2.45) is 0 Å². The Labute approximate surface area is 867 Å². The van der Waals surface area contributed by atoms with E-state index in [-0.39, 0.29) is 41.9 Å². The van der Waals surface area contributed by atoms with Gasteiger partial charge in [0.2, 0.25) is 23.6 Å². The van der Waals surface area contributed by atoms with Crippen molar-refractivity contribution < 1.29 is 37.8 Å². The Hall–Kier alpha value is -10.8. The van der Waals surface area contributed by atoms with E-state index in [0.29, 0.717) is 67.5 Å². The summed E-state index contributed by atoms with van der Waals surface area (Å²) in [6.45, 7) is 16.2. The fourth-order valence-corrected chi connectivity index (χ4v) is 16.5. The highest BCUT2D eigenvalue weighted by Gasteiger charge is 2.53. The minimum Gasteiger partial charge on any atom is -0.399 e. The van der Waals surface area contributed by atoms with E-state index in [1.54, 1.807) is 75.8 Å². The lowest BCUT2D eigenvalue weighted by Gasteiger charge is -2.32. The molecule has 40 heteroatoms. The van der Waals surface area contributed by atoms with Crippen LogP contribution in [0, 0.1) is 3.57 Å². The molecule has 2 fully saturated rings. The number of amides is 4. The molecule has 9 aromatic carbocycles. The number of anilines is 4. The third-order valence-corrected chi connectivity index (χ3v) is 26.8. The number of fused-ring (bicyclic) bond motifs is 4. The van der Waals surface area contributed by atoms with Gasteiger partial charge in [-0.25, -0.2) is 48.9 Å². The number of nitrogens with zero attached hydrogens (tertiary/aromatic N) is 14. The molecule has 0 radical (unpaired) electrons. The van der Waals surface area contributed by atoms with Gasteiger partial charge in [-0.3, -0.25) is 24.3 Å². The summed E-state index contributed by atoms with van der Waals surface area (Å²) >= 11 is 52.1. The topological polar surface area (TPSA) is 326 Å². The second-order valence-electron chi connectivity index (χ2n) is 32.9. The monoisotopic (exact) mass is 2320 g/mol. The van der Waals surface area contributed by atoms with Gasteiger partial charge in [-0.1, -0.05) is 184 Å². The van der Waals surface area contributed by atoms with Crippen LogP contribution in [-0.4, -0.2) is 135 Å². The molecule has 696 valence electrons. The summed E-state index contributed by atoms with van der Waals surface area (Å²) in [7, 11) is -0.835. The molecule has 7 aromatic heterocycles. The molecule has 0 saturated carbocycles. The lowest BCUT2D eigenvalue weighted by Crippen LogP contribution is -2.41. The fraction of sp³-hybridized carbons (Fsp3) is 0.165. The summed E-state index contributed by atoms with van der Waals surface area (Å²) in [5, 5.41) is 33.0. The summed E-state index contributed by atoms with van der Waals surface area (Å²) in [6, 6.07) is 66.2. The number of pyridine rings is 3. The number of aromatic nitrogens is 15. The summed E-state index contributed by atoms with van der Waals surface area (Å²) in [5.74, 6) is 1.45. The molecular formula is C97H82B2Br4Cl6IN19O8. The predicted octanol–water partition coefficient (Wildman–Crippen LogP) is 23.0. The Kier molecular flexibility index (Phi) is 34.2. The molecule has 22 rings (SSSR count). The normalized spacial score (nSPS) is 14.6. The number of H-pyrrole nitrogens is 1. The molecule has 0 aliphatic carbocycles. The number of hydrogen-bond acceptors (Lipinski definition) is 19. The molecule has 5 N–H and O–H groups in total. The fourth-order valence-electron chi connectivity index (χ4n) is 13.8. The first kappa shape index (κ1) is 102. The number of rotatable bonds is 9. The summed E-state index contributed by atoms with van der Waals surface area (Å²) in [4.78, 5) is 73.3. The molecule has 0 spiro atoms. The molecular weight excluding hydrogens is 2240 g/mol. The van der Waals surface area contributed by atoms with Gasteiger partial charge >= 0.3 is 14.2 Å². The van der Waals surface area contributed by atoms with Gasteiger partial charge in [0.15, 0.2) is 11.6 Å². The van der Waals surface area contributed by atoms with Crippen molar-refractivity contribution in [3.63, 3.8) is 0 Å². The average molecular weight is 2320 g/mol. The number of carbonyl (C=O) groups excluding carboxylic acids is 4. The summed E-state index contributed by atoms with van der Waals surface area (Å²) < 4.78 is 34.2. The maximum Gasteiger partial charge on any atom is 0.496 e. The summed E-state index contributed by atoms with van der Waals surface area (Å²) in [5.41, 5.74) is 16.4. The highest BCUT2D eigenvalue weighted by atomic mass is 127. The SMILES string of the molecule is Brc1ccc(I)cc1.CC1(C)OB(c2cc3c(cc2Cl)NC(=O)C3)OC1(C)C.CC1(C)OB(c2ccc(-n3cncn3)cc2)OC1(C)C.Clc1ccc(-n2cncn2)nc1.Clc1ccc(Br)nc1.O=C1Cc2cc(-c3ccc(-c4ccc(-n5cncn5)nc4)cc3)c(Cl)cc2N1.O=C1Cc2cc(-c3ccc(Br)cc3)c(Cl)cc2N1.O=C1Cc2cc(-c3ccc(Br)cc3)c(Cl)cc2N1.c1nc[nH]n1. The Morgan fingerprint density at radius 3 is 1.07 bits per heavy atom. The highest BCUT2D eigenvalue weighted by Crippen LogP contribution is 2.43. The molecule has 0 atom stereocenters. The second kappa shape index (κ2) is 45.9. The molecule has 0 unspecified atom stereocenters. The van der Waals surface area contributed by atoms with Crippen molar-refractivity contribution in [2.45, 2.75) is 103 Å². The molecule has 27 nitrogen and oxygen atoms in total. The van der Waals surface area contributed by atoms with Crippen LogP contribution >= 0.6 is 156 Å². The van der Waals surface area contributed by atoms with E-state index in [1.165, 1.54) is 35.2 Å². The number of aromatic amines is 1. The molecule has 6 aliphatic heterocycles. The lowest BCUT2D eigenvalue weighted by atomic mass is 9.78. The van der Waals surface area contributed by atoms with Crippen LogP contribution in [0.25, 0.3) is 61.8 Å². The third kappa shape index (κ3) is 27.0. The third-order valence-electron chi connectivity index (χ3n) is 22.3. The predicted molar refractivity (Wildman–Crippen MR) is 562 cm³/mol. The molecule has 2 saturated heterocycles. The zero-order valence-electron chi connectivity index (χ0n) is 74.1. The average Bonchev–Trinajstić information content (AvgIpc) is 1.56.